The van der Waals surface area contributed by atoms with Crippen molar-refractivity contribution in [2.45, 2.75) is 46.1 Å². The number of esters is 1. The van der Waals surface area contributed by atoms with Crippen molar-refractivity contribution >= 4 is 5.97 Å². The Hall–Kier alpha value is -1.35. The van der Waals surface area contributed by atoms with Crippen LogP contribution in [0.2, 0.25) is 0 Å². The summed E-state index contributed by atoms with van der Waals surface area (Å²) in [5.41, 5.74) is 6.98. The van der Waals surface area contributed by atoms with E-state index in [1.807, 2.05) is 30.3 Å². The van der Waals surface area contributed by atoms with Gasteiger partial charge in [-0.25, -0.2) is 4.79 Å². The quantitative estimate of drug-likeness (QED) is 0.632. The Labute approximate surface area is 116 Å². The van der Waals surface area contributed by atoms with Gasteiger partial charge in [0.1, 0.15) is 6.04 Å². The van der Waals surface area contributed by atoms with Gasteiger partial charge in [0.25, 0.3) is 0 Å². The molecule has 0 saturated carbocycles. The fourth-order valence-corrected chi connectivity index (χ4v) is 1.82. The Morgan fingerprint density at radius 1 is 1.21 bits per heavy atom. The van der Waals surface area contributed by atoms with Crippen LogP contribution in [0.1, 0.15) is 51.6 Å². The first-order valence-electron chi connectivity index (χ1n) is 6.87. The van der Waals surface area contributed by atoms with Crippen molar-refractivity contribution in [3.63, 3.8) is 0 Å². The van der Waals surface area contributed by atoms with Crippen LogP contribution in [-0.4, -0.2) is 12.6 Å². The van der Waals surface area contributed by atoms with E-state index in [4.69, 9.17) is 10.5 Å². The van der Waals surface area contributed by atoms with Crippen LogP contribution in [0.3, 0.4) is 0 Å². The zero-order chi connectivity index (χ0) is 14.3. The number of nitrogens with two attached hydrogens (primary N) is 1. The third-order valence-electron chi connectivity index (χ3n) is 2.98. The molecular weight excluding hydrogens is 238 g/mol. The fraction of sp³-hybridized carbons (Fsp3) is 0.562. The summed E-state index contributed by atoms with van der Waals surface area (Å²) in [5.74, 6) is -0.345. The first-order valence-corrected chi connectivity index (χ1v) is 6.87. The van der Waals surface area contributed by atoms with Gasteiger partial charge >= 0.3 is 5.97 Å². The minimum absolute atomic E-state index is 0.338. The Balaban J connectivity index is 2.25. The largest absolute Gasteiger partial charge is 0.464 e. The molecule has 0 bridgehead atoms. The van der Waals surface area contributed by atoms with E-state index in [2.05, 4.69) is 20.8 Å². The Kier molecular flexibility index (Phi) is 6.03. The molecule has 3 heteroatoms. The maximum absolute atomic E-state index is 11.8. The lowest BCUT2D eigenvalue weighted by molar-refractivity contribution is -0.145. The van der Waals surface area contributed by atoms with Crippen molar-refractivity contribution in [3.05, 3.63) is 35.9 Å². The van der Waals surface area contributed by atoms with Gasteiger partial charge in [-0.1, -0.05) is 51.1 Å². The van der Waals surface area contributed by atoms with Crippen molar-refractivity contribution in [1.29, 1.82) is 0 Å². The molecule has 0 spiro atoms. The predicted molar refractivity (Wildman–Crippen MR) is 77.6 cm³/mol. The van der Waals surface area contributed by atoms with E-state index in [-0.39, 0.29) is 5.97 Å². The zero-order valence-corrected chi connectivity index (χ0v) is 12.2. The van der Waals surface area contributed by atoms with Crippen molar-refractivity contribution in [2.75, 3.05) is 6.61 Å². The number of hydrogen-bond acceptors (Lipinski definition) is 3. The van der Waals surface area contributed by atoms with Gasteiger partial charge in [-0.2, -0.15) is 0 Å². The summed E-state index contributed by atoms with van der Waals surface area (Å²) in [7, 11) is 0. The molecule has 0 aliphatic heterocycles. The monoisotopic (exact) mass is 263 g/mol. The fourth-order valence-electron chi connectivity index (χ4n) is 1.82. The lowest BCUT2D eigenvalue weighted by Crippen LogP contribution is -2.24. The second kappa shape index (κ2) is 7.29. The van der Waals surface area contributed by atoms with E-state index in [0.717, 1.165) is 24.8 Å². The second-order valence-electron chi connectivity index (χ2n) is 6.07. The highest BCUT2D eigenvalue weighted by molar-refractivity contribution is 5.77. The van der Waals surface area contributed by atoms with E-state index in [1.165, 1.54) is 0 Å². The molecule has 1 rings (SSSR count). The molecule has 0 saturated heterocycles. The Morgan fingerprint density at radius 3 is 2.42 bits per heavy atom. The van der Waals surface area contributed by atoms with Crippen LogP contribution in [0.5, 0.6) is 0 Å². The first-order chi connectivity index (χ1) is 8.90. The van der Waals surface area contributed by atoms with Crippen molar-refractivity contribution < 1.29 is 9.53 Å². The van der Waals surface area contributed by atoms with E-state index in [1.54, 1.807) is 0 Å². The lowest BCUT2D eigenvalue weighted by Gasteiger charge is -2.17. The molecule has 2 N–H and O–H groups in total. The molecule has 0 amide bonds. The molecule has 0 fully saturated rings. The highest BCUT2D eigenvalue weighted by Crippen LogP contribution is 2.21. The summed E-state index contributed by atoms with van der Waals surface area (Å²) >= 11 is 0. The van der Waals surface area contributed by atoms with Gasteiger partial charge in [0.05, 0.1) is 6.61 Å². The van der Waals surface area contributed by atoms with Gasteiger partial charge in [-0.3, -0.25) is 0 Å². The average Bonchev–Trinajstić information content (AvgIpc) is 2.37. The highest BCUT2D eigenvalue weighted by atomic mass is 16.5. The second-order valence-corrected chi connectivity index (χ2v) is 6.07. The molecule has 0 aliphatic carbocycles. The van der Waals surface area contributed by atoms with Crippen LogP contribution >= 0.6 is 0 Å². The standard InChI is InChI=1S/C16H25NO2/c1-16(2,3)11-7-8-12-19-15(18)14(17)13-9-5-4-6-10-13/h4-6,9-10,14H,7-8,11-12,17H2,1-3H3. The molecule has 0 aliphatic rings. The number of hydrogen-bond donors (Lipinski definition) is 1. The molecule has 19 heavy (non-hydrogen) atoms. The molecule has 0 heterocycles. The van der Waals surface area contributed by atoms with Gasteiger partial charge in [-0.15, -0.1) is 0 Å². The van der Waals surface area contributed by atoms with E-state index in [9.17, 15) is 4.79 Å². The molecule has 0 aromatic heterocycles. The topological polar surface area (TPSA) is 52.3 Å². The molecule has 1 atom stereocenters. The Bertz CT molecular complexity index is 381. The van der Waals surface area contributed by atoms with Gasteiger partial charge in [0.15, 0.2) is 0 Å². The summed E-state index contributed by atoms with van der Waals surface area (Å²) in [4.78, 5) is 11.8. The summed E-state index contributed by atoms with van der Waals surface area (Å²) in [5, 5.41) is 0. The van der Waals surface area contributed by atoms with Gasteiger partial charge < -0.3 is 10.5 Å². The van der Waals surface area contributed by atoms with Gasteiger partial charge in [0, 0.05) is 0 Å². The molecule has 0 radical (unpaired) electrons. The lowest BCUT2D eigenvalue weighted by atomic mass is 9.90. The SMILES string of the molecule is CC(C)(C)CCCCOC(=O)C(N)c1ccccc1. The number of carbonyl (C=O) groups is 1. The maximum Gasteiger partial charge on any atom is 0.327 e. The number of carbonyl (C=O) groups excluding carboxylic acids is 1. The van der Waals surface area contributed by atoms with E-state index >= 15 is 0 Å². The van der Waals surface area contributed by atoms with Crippen LogP contribution in [0.25, 0.3) is 0 Å². The van der Waals surface area contributed by atoms with Gasteiger partial charge in [-0.05, 0) is 30.2 Å². The summed E-state index contributed by atoms with van der Waals surface area (Å²) in [6.45, 7) is 7.09. The molecule has 1 unspecified atom stereocenters. The maximum atomic E-state index is 11.8. The average molecular weight is 263 g/mol. The van der Waals surface area contributed by atoms with Crippen LogP contribution in [0, 0.1) is 5.41 Å². The van der Waals surface area contributed by atoms with Crippen LogP contribution in [0.15, 0.2) is 30.3 Å². The Morgan fingerprint density at radius 2 is 1.84 bits per heavy atom. The smallest absolute Gasteiger partial charge is 0.327 e. The number of benzene rings is 1. The number of ether oxygens (including phenoxy) is 1. The van der Waals surface area contributed by atoms with E-state index in [0.29, 0.717) is 12.0 Å². The highest BCUT2D eigenvalue weighted by Gasteiger charge is 2.16. The van der Waals surface area contributed by atoms with Crippen molar-refractivity contribution in [2.24, 2.45) is 11.1 Å². The summed E-state index contributed by atoms with van der Waals surface area (Å²) < 4.78 is 5.21. The molecule has 1 aromatic carbocycles. The molecule has 1 aromatic rings. The third kappa shape index (κ3) is 6.39. The minimum atomic E-state index is -0.677. The minimum Gasteiger partial charge on any atom is -0.464 e. The van der Waals surface area contributed by atoms with E-state index < -0.39 is 6.04 Å². The first kappa shape index (κ1) is 15.7. The van der Waals surface area contributed by atoms with Crippen molar-refractivity contribution in [1.82, 2.24) is 0 Å². The molecule has 3 nitrogen and oxygen atoms in total. The number of rotatable bonds is 6. The number of unbranched alkanes of at least 4 members (excludes halogenated alkanes) is 1. The normalized spacial score (nSPS) is 13.1. The summed E-state index contributed by atoms with van der Waals surface area (Å²) in [6, 6.07) is 8.63. The summed E-state index contributed by atoms with van der Waals surface area (Å²) in [6.07, 6.45) is 3.09. The predicted octanol–water partition coefficient (Wildman–Crippen LogP) is 3.45. The van der Waals surface area contributed by atoms with Crippen LogP contribution in [0.4, 0.5) is 0 Å². The molecule has 106 valence electrons. The van der Waals surface area contributed by atoms with Crippen LogP contribution in [-0.2, 0) is 9.53 Å². The van der Waals surface area contributed by atoms with Crippen LogP contribution < -0.4 is 5.73 Å². The zero-order valence-electron chi connectivity index (χ0n) is 12.2. The van der Waals surface area contributed by atoms with Crippen molar-refractivity contribution in [3.8, 4) is 0 Å². The van der Waals surface area contributed by atoms with Gasteiger partial charge in [0.2, 0.25) is 0 Å². The molecular formula is C16H25NO2. The third-order valence-corrected chi connectivity index (χ3v) is 2.98.